The molecule has 2 aromatic heterocycles. The lowest BCUT2D eigenvalue weighted by molar-refractivity contribution is 0.0701. The molecule has 0 aliphatic rings. The number of aryl methyl sites for hydroxylation is 1. The Morgan fingerprint density at radius 1 is 1.33 bits per heavy atom. The molecule has 0 radical (unpaired) electrons. The highest BCUT2D eigenvalue weighted by atomic mass is 32.1. The molecule has 3 N–H and O–H groups in total. The van der Waals surface area contributed by atoms with Gasteiger partial charge in [-0.2, -0.15) is 10.2 Å². The van der Waals surface area contributed by atoms with E-state index in [1.165, 1.54) is 0 Å². The minimum atomic E-state index is -1.01. The van der Waals surface area contributed by atoms with E-state index in [-0.39, 0.29) is 24.0 Å². The lowest BCUT2D eigenvalue weighted by Crippen LogP contribution is -2.34. The Bertz CT molecular complexity index is 644. The van der Waals surface area contributed by atoms with Gasteiger partial charge in [0.05, 0.1) is 24.5 Å². The molecule has 110 valence electrons. The predicted molar refractivity (Wildman–Crippen MR) is 74.9 cm³/mol. The van der Waals surface area contributed by atoms with Crippen molar-refractivity contribution in [2.45, 2.75) is 20.0 Å². The summed E-state index contributed by atoms with van der Waals surface area (Å²) < 4.78 is 0. The Morgan fingerprint density at radius 3 is 2.71 bits per heavy atom. The van der Waals surface area contributed by atoms with E-state index >= 15 is 0 Å². The Morgan fingerprint density at radius 2 is 2.10 bits per heavy atom. The fourth-order valence-electron chi connectivity index (χ4n) is 1.54. The van der Waals surface area contributed by atoms with Crippen molar-refractivity contribution in [3.8, 4) is 0 Å². The smallest absolute Gasteiger partial charge is 0.347 e. The molecule has 9 heteroatoms. The number of carboxylic acids is 1. The van der Waals surface area contributed by atoms with Crippen molar-refractivity contribution in [1.82, 2.24) is 25.8 Å². The topological polar surface area (TPSA) is 117 Å². The third-order valence-electron chi connectivity index (χ3n) is 2.49. The molecular formula is C12H13N5O3S. The molecule has 0 unspecified atom stereocenters. The summed E-state index contributed by atoms with van der Waals surface area (Å²) in [5.74, 6) is -1.01. The molecule has 0 bridgehead atoms. The summed E-state index contributed by atoms with van der Waals surface area (Å²) in [6.45, 7) is 2.06. The lowest BCUT2D eigenvalue weighted by Gasteiger charge is -2.05. The number of hydrogen-bond donors (Lipinski definition) is 3. The highest BCUT2D eigenvalue weighted by Crippen LogP contribution is 2.17. The second-order valence-corrected chi connectivity index (χ2v) is 5.16. The summed E-state index contributed by atoms with van der Waals surface area (Å²) in [4.78, 5) is 26.8. The van der Waals surface area contributed by atoms with Crippen molar-refractivity contribution < 1.29 is 14.7 Å². The maximum absolute atomic E-state index is 11.6. The van der Waals surface area contributed by atoms with E-state index in [9.17, 15) is 9.59 Å². The van der Waals surface area contributed by atoms with Gasteiger partial charge in [0.2, 0.25) is 0 Å². The first kappa shape index (κ1) is 14.9. The largest absolute Gasteiger partial charge is 0.477 e. The average Bonchev–Trinajstić information content (AvgIpc) is 2.85. The first-order valence-corrected chi connectivity index (χ1v) is 6.86. The van der Waals surface area contributed by atoms with Crippen molar-refractivity contribution >= 4 is 23.3 Å². The summed E-state index contributed by atoms with van der Waals surface area (Å²) in [6.07, 6.45) is 1.55. The quantitative estimate of drug-likeness (QED) is 0.756. The van der Waals surface area contributed by atoms with E-state index in [2.05, 4.69) is 25.8 Å². The molecule has 0 atom stereocenters. The first-order chi connectivity index (χ1) is 10.1. The standard InChI is InChI=1S/C12H13N5O3S/c1-7-10(11(18)19)21-9(16-7)6-14-12(20)13-5-8-3-2-4-15-17-8/h2-4H,5-6H2,1H3,(H,18,19)(H2,13,14,20). The zero-order chi connectivity index (χ0) is 15.2. The van der Waals surface area contributed by atoms with Crippen molar-refractivity contribution in [1.29, 1.82) is 0 Å². The number of rotatable bonds is 5. The fraction of sp³-hybridized carbons (Fsp3) is 0.250. The van der Waals surface area contributed by atoms with Crippen LogP contribution >= 0.6 is 11.3 Å². The number of urea groups is 1. The van der Waals surface area contributed by atoms with Crippen LogP contribution in [0.2, 0.25) is 0 Å². The lowest BCUT2D eigenvalue weighted by atomic mass is 10.4. The number of thiazole rings is 1. The minimum absolute atomic E-state index is 0.172. The van der Waals surface area contributed by atoms with Gasteiger partial charge >= 0.3 is 12.0 Å². The van der Waals surface area contributed by atoms with Gasteiger partial charge in [-0.15, -0.1) is 11.3 Å². The van der Waals surface area contributed by atoms with Crippen LogP contribution in [-0.4, -0.2) is 32.3 Å². The Balaban J connectivity index is 1.81. The maximum Gasteiger partial charge on any atom is 0.347 e. The van der Waals surface area contributed by atoms with E-state index in [0.717, 1.165) is 11.3 Å². The number of nitrogens with zero attached hydrogens (tertiary/aromatic N) is 3. The van der Waals surface area contributed by atoms with Gasteiger partial charge < -0.3 is 15.7 Å². The number of aromatic carboxylic acids is 1. The van der Waals surface area contributed by atoms with Crippen LogP contribution in [0.4, 0.5) is 4.79 Å². The molecule has 8 nitrogen and oxygen atoms in total. The van der Waals surface area contributed by atoms with Gasteiger partial charge in [-0.25, -0.2) is 14.6 Å². The van der Waals surface area contributed by atoms with E-state index in [1.54, 1.807) is 25.3 Å². The summed E-state index contributed by atoms with van der Waals surface area (Å²) >= 11 is 1.05. The SMILES string of the molecule is Cc1nc(CNC(=O)NCc2cccnn2)sc1C(=O)O. The molecule has 0 aromatic carbocycles. The van der Waals surface area contributed by atoms with Crippen molar-refractivity contribution in [2.75, 3.05) is 0 Å². The maximum atomic E-state index is 11.6. The normalized spacial score (nSPS) is 10.1. The van der Waals surface area contributed by atoms with E-state index < -0.39 is 5.97 Å². The van der Waals surface area contributed by atoms with Gasteiger partial charge in [0.1, 0.15) is 9.88 Å². The molecular weight excluding hydrogens is 294 g/mol. The summed E-state index contributed by atoms with van der Waals surface area (Å²) in [5.41, 5.74) is 1.09. The van der Waals surface area contributed by atoms with Crippen LogP contribution in [0.5, 0.6) is 0 Å². The molecule has 0 aliphatic heterocycles. The molecule has 0 saturated heterocycles. The summed E-state index contributed by atoms with van der Waals surface area (Å²) in [7, 11) is 0. The second-order valence-electron chi connectivity index (χ2n) is 4.08. The van der Waals surface area contributed by atoms with Crippen LogP contribution < -0.4 is 10.6 Å². The number of carbonyl (C=O) groups excluding carboxylic acids is 1. The molecule has 21 heavy (non-hydrogen) atoms. The molecule has 2 heterocycles. The molecule has 0 fully saturated rings. The number of amides is 2. The van der Waals surface area contributed by atoms with Crippen LogP contribution in [0.3, 0.4) is 0 Å². The van der Waals surface area contributed by atoms with Crippen LogP contribution in [0.1, 0.15) is 26.1 Å². The Kier molecular flexibility index (Phi) is 4.77. The predicted octanol–water partition coefficient (Wildman–Crippen LogP) is 0.939. The molecule has 0 saturated carbocycles. The zero-order valence-electron chi connectivity index (χ0n) is 11.2. The Hall–Kier alpha value is -2.55. The molecule has 2 amide bonds. The fourth-order valence-corrected chi connectivity index (χ4v) is 2.39. The van der Waals surface area contributed by atoms with Crippen molar-refractivity contribution in [3.05, 3.63) is 39.6 Å². The van der Waals surface area contributed by atoms with Crippen LogP contribution in [0, 0.1) is 6.92 Å². The van der Waals surface area contributed by atoms with Crippen molar-refractivity contribution in [3.63, 3.8) is 0 Å². The molecule has 0 spiro atoms. The number of aromatic nitrogens is 3. The highest BCUT2D eigenvalue weighted by Gasteiger charge is 2.14. The van der Waals surface area contributed by atoms with Crippen LogP contribution in [0.25, 0.3) is 0 Å². The molecule has 0 aliphatic carbocycles. The monoisotopic (exact) mass is 307 g/mol. The van der Waals surface area contributed by atoms with E-state index in [4.69, 9.17) is 5.11 Å². The van der Waals surface area contributed by atoms with Crippen LogP contribution in [-0.2, 0) is 13.1 Å². The summed E-state index contributed by atoms with van der Waals surface area (Å²) in [5, 5.41) is 22.2. The number of carbonyl (C=O) groups is 2. The first-order valence-electron chi connectivity index (χ1n) is 6.04. The van der Waals surface area contributed by atoms with Gasteiger partial charge in [-0.3, -0.25) is 0 Å². The molecule has 2 aromatic rings. The number of hydrogen-bond acceptors (Lipinski definition) is 6. The van der Waals surface area contributed by atoms with Gasteiger partial charge in [0.25, 0.3) is 0 Å². The van der Waals surface area contributed by atoms with Crippen LogP contribution in [0.15, 0.2) is 18.3 Å². The minimum Gasteiger partial charge on any atom is -0.477 e. The second kappa shape index (κ2) is 6.75. The van der Waals surface area contributed by atoms with Gasteiger partial charge in [0.15, 0.2) is 0 Å². The number of carboxylic acid groups (broad SMARTS) is 1. The van der Waals surface area contributed by atoms with E-state index in [1.807, 2.05) is 0 Å². The van der Waals surface area contributed by atoms with E-state index in [0.29, 0.717) is 16.4 Å². The Labute approximate surface area is 124 Å². The average molecular weight is 307 g/mol. The zero-order valence-corrected chi connectivity index (χ0v) is 12.0. The van der Waals surface area contributed by atoms with Gasteiger partial charge in [0, 0.05) is 6.20 Å². The van der Waals surface area contributed by atoms with Crippen molar-refractivity contribution in [2.24, 2.45) is 0 Å². The van der Waals surface area contributed by atoms with Gasteiger partial charge in [-0.05, 0) is 19.1 Å². The third-order valence-corrected chi connectivity index (χ3v) is 3.64. The summed E-state index contributed by atoms with van der Waals surface area (Å²) in [6, 6.07) is 3.09. The third kappa shape index (κ3) is 4.21. The molecule has 2 rings (SSSR count). The number of nitrogens with one attached hydrogen (secondary N) is 2. The highest BCUT2D eigenvalue weighted by molar-refractivity contribution is 7.13. The van der Waals surface area contributed by atoms with Gasteiger partial charge in [-0.1, -0.05) is 0 Å².